The molecule has 0 saturated carbocycles. The number of carbonyl (C=O) groups excluding carboxylic acids is 2. The Kier molecular flexibility index (Phi) is 2.38. The molecule has 6 rings (SSSR count). The van der Waals surface area contributed by atoms with E-state index in [1.165, 1.54) is 20.9 Å². The van der Waals surface area contributed by atoms with E-state index in [0.29, 0.717) is 5.78 Å². The number of hydrogen-bond donors (Lipinski definition) is 2. The second-order valence-corrected chi connectivity index (χ2v) is 9.00. The molecule has 0 atom stereocenters. The number of ketones is 1. The summed E-state index contributed by atoms with van der Waals surface area (Å²) in [4.78, 5) is 30.8. The monoisotopic (exact) mass is 327 g/mol. The van der Waals surface area contributed by atoms with Crippen LogP contribution in [0.15, 0.2) is 18.2 Å². The van der Waals surface area contributed by atoms with Gasteiger partial charge in [0.2, 0.25) is 0 Å². The molecule has 1 spiro atoms. The van der Waals surface area contributed by atoms with Gasteiger partial charge in [-0.25, -0.2) is 0 Å². The van der Waals surface area contributed by atoms with Crippen LogP contribution in [0.3, 0.4) is 0 Å². The third-order valence-corrected chi connectivity index (χ3v) is 7.11. The lowest BCUT2D eigenvalue weighted by Gasteiger charge is -2.61. The molecule has 5 aliphatic heterocycles. The number of nitrogens with one attached hydrogen (secondary N) is 2. The number of likely N-dealkylation sites (N-methyl/N-ethyl adjacent to an activating group) is 1. The van der Waals surface area contributed by atoms with Gasteiger partial charge in [0, 0.05) is 7.05 Å². The Hall–Kier alpha value is -1.72. The fraction of sp³-hybridized carbons (Fsp3) is 0.579. The Labute approximate surface area is 142 Å². The molecular weight excluding hydrogens is 302 g/mol. The third-order valence-electron chi connectivity index (χ3n) is 7.11. The van der Waals surface area contributed by atoms with Crippen LogP contribution in [0, 0.1) is 17.8 Å². The lowest BCUT2D eigenvalue weighted by atomic mass is 9.60. The minimum atomic E-state index is -0.546. The zero-order chi connectivity index (χ0) is 17.1. The summed E-state index contributed by atoms with van der Waals surface area (Å²) in [5.41, 5.74) is 2.28. The number of anilines is 1. The number of Topliss-reactive ketones (excluding diaryl/α,β-unsaturated/α-hetero) is 1. The number of piperidine rings is 2. The molecular formula is C19H25N3O2+2. The van der Waals surface area contributed by atoms with Crippen molar-refractivity contribution < 1.29 is 19.4 Å². The first-order valence-corrected chi connectivity index (χ1v) is 8.87. The van der Waals surface area contributed by atoms with Crippen molar-refractivity contribution in [2.45, 2.75) is 26.4 Å². The summed E-state index contributed by atoms with van der Waals surface area (Å²) in [7, 11) is 1.89. The molecule has 5 nitrogen and oxygen atoms in total. The van der Waals surface area contributed by atoms with E-state index in [2.05, 4.69) is 39.0 Å². The van der Waals surface area contributed by atoms with Crippen LogP contribution in [0.2, 0.25) is 0 Å². The molecule has 5 heteroatoms. The summed E-state index contributed by atoms with van der Waals surface area (Å²) in [5.74, 6) is 0.618. The molecule has 5 aliphatic rings. The second-order valence-electron chi connectivity index (χ2n) is 9.00. The molecule has 2 N–H and O–H groups in total. The van der Waals surface area contributed by atoms with Crippen molar-refractivity contribution in [3.05, 3.63) is 29.3 Å². The lowest BCUT2D eigenvalue weighted by Crippen LogP contribution is -3.48. The van der Waals surface area contributed by atoms with E-state index < -0.39 is 5.66 Å². The zero-order valence-electron chi connectivity index (χ0n) is 14.8. The van der Waals surface area contributed by atoms with Crippen LogP contribution in [-0.4, -0.2) is 44.9 Å². The summed E-state index contributed by atoms with van der Waals surface area (Å²) >= 11 is 0. The molecule has 5 heterocycles. The van der Waals surface area contributed by atoms with E-state index in [0.717, 1.165) is 31.9 Å². The van der Waals surface area contributed by atoms with Crippen LogP contribution in [-0.2, 0) is 15.3 Å². The molecule has 126 valence electrons. The Morgan fingerprint density at radius 1 is 1.00 bits per heavy atom. The zero-order valence-corrected chi connectivity index (χ0v) is 14.8. The molecule has 4 saturated heterocycles. The molecule has 4 fully saturated rings. The van der Waals surface area contributed by atoms with Crippen LogP contribution in [0.1, 0.15) is 25.0 Å². The largest absolute Gasteiger partial charge is 0.353 e. The minimum absolute atomic E-state index is 0.201. The normalized spacial score (nSPS) is 45.4. The van der Waals surface area contributed by atoms with Crippen LogP contribution < -0.4 is 14.7 Å². The SMILES string of the molecule is Cc1ccc2c(c1)C1(C(=O)N2C)[NH+]2CC3(C)C[NH+]1CC(C)(C2)C3=O. The first-order valence-electron chi connectivity index (χ1n) is 8.87. The van der Waals surface area contributed by atoms with Crippen molar-refractivity contribution in [3.63, 3.8) is 0 Å². The standard InChI is InChI=1S/C19H23N3O2/c1-12-5-6-14-13(7-12)19(16(24)20(14)4)21-8-17(2)9-22(19)11-18(3,10-21)15(17)23/h5-7H,8-11H2,1-4H3/p+2. The van der Waals surface area contributed by atoms with Crippen LogP contribution >= 0.6 is 0 Å². The molecule has 0 aliphatic carbocycles. The van der Waals surface area contributed by atoms with E-state index in [1.807, 2.05) is 11.9 Å². The molecule has 0 radical (unpaired) electrons. The maximum Gasteiger partial charge on any atom is 0.353 e. The van der Waals surface area contributed by atoms with Gasteiger partial charge in [0.25, 0.3) is 0 Å². The smallest absolute Gasteiger partial charge is 0.303 e. The highest BCUT2D eigenvalue weighted by Gasteiger charge is 2.78. The molecule has 24 heavy (non-hydrogen) atoms. The van der Waals surface area contributed by atoms with Crippen molar-refractivity contribution in [3.8, 4) is 0 Å². The van der Waals surface area contributed by atoms with E-state index in [9.17, 15) is 9.59 Å². The first kappa shape index (κ1) is 14.6. The Balaban J connectivity index is 1.76. The highest BCUT2D eigenvalue weighted by atomic mass is 16.2. The van der Waals surface area contributed by atoms with Gasteiger partial charge in [-0.15, -0.1) is 0 Å². The predicted octanol–water partition coefficient (Wildman–Crippen LogP) is -1.48. The second kappa shape index (κ2) is 3.92. The molecule has 4 bridgehead atoms. The highest BCUT2D eigenvalue weighted by molar-refractivity contribution is 6.05. The average molecular weight is 327 g/mol. The minimum Gasteiger partial charge on any atom is -0.303 e. The van der Waals surface area contributed by atoms with Crippen molar-refractivity contribution in [1.82, 2.24) is 0 Å². The Morgan fingerprint density at radius 2 is 1.54 bits per heavy atom. The number of carbonyl (C=O) groups is 2. The molecule has 1 aromatic rings. The van der Waals surface area contributed by atoms with E-state index >= 15 is 0 Å². The van der Waals surface area contributed by atoms with Gasteiger partial charge in [-0.2, -0.15) is 0 Å². The highest BCUT2D eigenvalue weighted by Crippen LogP contribution is 2.42. The van der Waals surface area contributed by atoms with Gasteiger partial charge in [0.15, 0.2) is 5.78 Å². The van der Waals surface area contributed by atoms with Crippen LogP contribution in [0.25, 0.3) is 0 Å². The third kappa shape index (κ3) is 1.33. The van der Waals surface area contributed by atoms with Gasteiger partial charge in [-0.3, -0.25) is 19.4 Å². The summed E-state index contributed by atoms with van der Waals surface area (Å²) in [5, 5.41) is 0. The predicted molar refractivity (Wildman–Crippen MR) is 88.9 cm³/mol. The summed E-state index contributed by atoms with van der Waals surface area (Å²) in [6, 6.07) is 6.36. The quantitative estimate of drug-likeness (QED) is 0.610. The van der Waals surface area contributed by atoms with Crippen LogP contribution in [0.4, 0.5) is 5.69 Å². The molecule has 0 unspecified atom stereocenters. The number of hydrogen-bond acceptors (Lipinski definition) is 2. The summed E-state index contributed by atoms with van der Waals surface area (Å²) in [6.45, 7) is 9.41. The van der Waals surface area contributed by atoms with Crippen LogP contribution in [0.5, 0.6) is 0 Å². The van der Waals surface area contributed by atoms with E-state index in [4.69, 9.17) is 0 Å². The van der Waals surface area contributed by atoms with Crippen molar-refractivity contribution in [1.29, 1.82) is 0 Å². The number of rotatable bonds is 0. The van der Waals surface area contributed by atoms with Crippen molar-refractivity contribution in [2.75, 3.05) is 38.1 Å². The van der Waals surface area contributed by atoms with Crippen molar-refractivity contribution in [2.24, 2.45) is 10.8 Å². The number of aryl methyl sites for hydroxylation is 1. The average Bonchev–Trinajstić information content (AvgIpc) is 2.71. The van der Waals surface area contributed by atoms with Gasteiger partial charge in [-0.05, 0) is 32.9 Å². The summed E-state index contributed by atoms with van der Waals surface area (Å²) in [6.07, 6.45) is 0. The summed E-state index contributed by atoms with van der Waals surface area (Å²) < 4.78 is 0. The van der Waals surface area contributed by atoms with Gasteiger partial charge in [-0.1, -0.05) is 11.6 Å². The van der Waals surface area contributed by atoms with E-state index in [1.54, 1.807) is 0 Å². The topological polar surface area (TPSA) is 46.3 Å². The molecule has 1 aromatic carbocycles. The molecule has 1 amide bonds. The lowest BCUT2D eigenvalue weighted by molar-refractivity contribution is -1.20. The Bertz CT molecular complexity index is 775. The van der Waals surface area contributed by atoms with Gasteiger partial charge in [0.05, 0.1) is 5.69 Å². The number of amides is 1. The maximum atomic E-state index is 13.5. The number of fused-ring (bicyclic) bond motifs is 1. The van der Waals surface area contributed by atoms with Gasteiger partial charge in [0.1, 0.15) is 42.6 Å². The van der Waals surface area contributed by atoms with Gasteiger partial charge < -0.3 is 4.90 Å². The fourth-order valence-electron chi connectivity index (χ4n) is 6.37. The Morgan fingerprint density at radius 3 is 2.08 bits per heavy atom. The van der Waals surface area contributed by atoms with E-state index in [-0.39, 0.29) is 16.7 Å². The number of benzene rings is 1. The number of quaternary nitrogens is 2. The first-order chi connectivity index (χ1) is 11.2. The fourth-order valence-corrected chi connectivity index (χ4v) is 6.37. The maximum absolute atomic E-state index is 13.5. The molecule has 0 aromatic heterocycles. The van der Waals surface area contributed by atoms with Crippen molar-refractivity contribution >= 4 is 17.4 Å². The van der Waals surface area contributed by atoms with Gasteiger partial charge >= 0.3 is 11.6 Å². The number of nitrogens with zero attached hydrogens (tertiary/aromatic N) is 1.